The van der Waals surface area contributed by atoms with E-state index in [4.69, 9.17) is 11.6 Å². The Hall–Kier alpha value is -2.28. The van der Waals surface area contributed by atoms with Crippen LogP contribution in [0.25, 0.3) is 0 Å². The Morgan fingerprint density at radius 1 is 1.42 bits per heavy atom. The molecule has 0 saturated carbocycles. The van der Waals surface area contributed by atoms with Gasteiger partial charge in [-0.1, -0.05) is 23.7 Å². The van der Waals surface area contributed by atoms with Gasteiger partial charge in [-0.15, -0.1) is 0 Å². The van der Waals surface area contributed by atoms with Gasteiger partial charge in [-0.2, -0.15) is 5.10 Å². The Bertz CT molecular complexity index is 823. The van der Waals surface area contributed by atoms with Crippen LogP contribution in [0.4, 0.5) is 4.79 Å². The maximum Gasteiger partial charge on any atom is 0.343 e. The van der Waals surface area contributed by atoms with E-state index in [1.165, 1.54) is 0 Å². The van der Waals surface area contributed by atoms with Crippen molar-refractivity contribution in [2.24, 2.45) is 0 Å². The van der Waals surface area contributed by atoms with Crippen molar-refractivity contribution in [3.05, 3.63) is 51.2 Å². The summed E-state index contributed by atoms with van der Waals surface area (Å²) in [5.74, 6) is 0.994. The van der Waals surface area contributed by atoms with Crippen molar-refractivity contribution in [1.82, 2.24) is 25.0 Å². The molecule has 1 aromatic heterocycles. The molecule has 1 atom stereocenters. The van der Waals surface area contributed by atoms with Crippen molar-refractivity contribution in [2.75, 3.05) is 13.1 Å². The van der Waals surface area contributed by atoms with Crippen LogP contribution in [0.5, 0.6) is 0 Å². The van der Waals surface area contributed by atoms with Crippen molar-refractivity contribution in [2.45, 2.75) is 45.2 Å². The van der Waals surface area contributed by atoms with Crippen LogP contribution in [0.2, 0.25) is 5.02 Å². The number of hydrogen-bond acceptors (Lipinski definition) is 3. The number of rotatable bonds is 4. The fourth-order valence-electron chi connectivity index (χ4n) is 3.42. The van der Waals surface area contributed by atoms with E-state index >= 15 is 0 Å². The van der Waals surface area contributed by atoms with Crippen LogP contribution in [0.3, 0.4) is 0 Å². The Morgan fingerprint density at radius 3 is 2.81 bits per heavy atom. The number of piperidine rings is 1. The molecule has 0 spiro atoms. The summed E-state index contributed by atoms with van der Waals surface area (Å²) < 4.78 is 1.67. The fourth-order valence-corrected chi connectivity index (χ4v) is 3.62. The van der Waals surface area contributed by atoms with E-state index in [2.05, 4.69) is 15.5 Å². The molecule has 2 heterocycles. The van der Waals surface area contributed by atoms with Crippen LogP contribution < -0.4 is 11.0 Å². The molecular weight excluding hydrogens is 354 g/mol. The Labute approximate surface area is 157 Å². The number of halogens is 1. The average molecular weight is 378 g/mol. The summed E-state index contributed by atoms with van der Waals surface area (Å²) in [4.78, 5) is 26.1. The van der Waals surface area contributed by atoms with Crippen molar-refractivity contribution in [1.29, 1.82) is 0 Å². The van der Waals surface area contributed by atoms with Crippen LogP contribution in [0.15, 0.2) is 29.1 Å². The van der Waals surface area contributed by atoms with E-state index in [-0.39, 0.29) is 23.7 Å². The molecule has 26 heavy (non-hydrogen) atoms. The highest BCUT2D eigenvalue weighted by atomic mass is 35.5. The van der Waals surface area contributed by atoms with Crippen molar-refractivity contribution >= 4 is 17.6 Å². The van der Waals surface area contributed by atoms with Crippen LogP contribution in [0, 0.1) is 0 Å². The van der Waals surface area contributed by atoms with Crippen LogP contribution in [0.1, 0.15) is 50.0 Å². The van der Waals surface area contributed by atoms with E-state index in [0.717, 1.165) is 24.2 Å². The molecule has 3 rings (SSSR count). The summed E-state index contributed by atoms with van der Waals surface area (Å²) in [6, 6.07) is 7.31. The van der Waals surface area contributed by atoms with Crippen LogP contribution in [-0.2, 0) is 6.54 Å². The first-order chi connectivity index (χ1) is 12.5. The largest absolute Gasteiger partial charge is 0.343 e. The molecule has 1 unspecified atom stereocenters. The Kier molecular flexibility index (Phi) is 5.66. The van der Waals surface area contributed by atoms with Crippen LogP contribution >= 0.6 is 11.6 Å². The lowest BCUT2D eigenvalue weighted by Crippen LogP contribution is -2.45. The molecule has 1 aromatic carbocycles. The Morgan fingerprint density at radius 2 is 2.15 bits per heavy atom. The minimum atomic E-state index is -0.169. The molecule has 7 nitrogen and oxygen atoms in total. The maximum atomic E-state index is 12.5. The quantitative estimate of drug-likeness (QED) is 0.859. The highest BCUT2D eigenvalue weighted by Gasteiger charge is 2.27. The second kappa shape index (κ2) is 7.95. The van der Waals surface area contributed by atoms with Gasteiger partial charge in [0, 0.05) is 30.6 Å². The molecule has 0 radical (unpaired) electrons. The van der Waals surface area contributed by atoms with Gasteiger partial charge in [0.05, 0.1) is 6.04 Å². The van der Waals surface area contributed by atoms with E-state index < -0.39 is 0 Å². The van der Waals surface area contributed by atoms with E-state index in [1.807, 2.05) is 43.0 Å². The van der Waals surface area contributed by atoms with Gasteiger partial charge in [0.25, 0.3) is 0 Å². The fraction of sp³-hybridized carbons (Fsp3) is 0.500. The number of carbonyl (C=O) groups excluding carboxylic acids is 1. The lowest BCUT2D eigenvalue weighted by Gasteiger charge is -2.32. The molecule has 0 bridgehead atoms. The number of nitrogens with one attached hydrogen (secondary N) is 2. The lowest BCUT2D eigenvalue weighted by atomic mass is 9.96. The molecule has 2 aromatic rings. The molecule has 1 aliphatic rings. The monoisotopic (exact) mass is 377 g/mol. The highest BCUT2D eigenvalue weighted by molar-refractivity contribution is 6.30. The summed E-state index contributed by atoms with van der Waals surface area (Å²) in [5.41, 5.74) is 0.808. The van der Waals surface area contributed by atoms with Gasteiger partial charge in [-0.05, 0) is 44.4 Å². The summed E-state index contributed by atoms with van der Waals surface area (Å²) >= 11 is 6.02. The first kappa shape index (κ1) is 18.5. The zero-order valence-electron chi connectivity index (χ0n) is 15.0. The topological polar surface area (TPSA) is 83.0 Å². The number of carbonyl (C=O) groups is 1. The van der Waals surface area contributed by atoms with Gasteiger partial charge < -0.3 is 10.2 Å². The molecule has 0 aliphatic carbocycles. The predicted octanol–water partition coefficient (Wildman–Crippen LogP) is 2.89. The SMILES string of the molecule is CCn1c(C2CCN(C(=O)NC(C)c3cccc(Cl)c3)CC2)n[nH]c1=O. The molecule has 140 valence electrons. The highest BCUT2D eigenvalue weighted by Crippen LogP contribution is 2.26. The normalized spacial score (nSPS) is 16.5. The molecule has 8 heteroatoms. The summed E-state index contributed by atoms with van der Waals surface area (Å²) in [6.45, 7) is 5.76. The number of hydrogen-bond donors (Lipinski definition) is 2. The number of urea groups is 1. The van der Waals surface area contributed by atoms with E-state index in [1.54, 1.807) is 4.57 Å². The number of aromatic nitrogens is 3. The second-order valence-corrected chi connectivity index (χ2v) is 7.06. The van der Waals surface area contributed by atoms with Crippen molar-refractivity contribution in [3.8, 4) is 0 Å². The zero-order chi connectivity index (χ0) is 18.7. The van der Waals surface area contributed by atoms with Crippen molar-refractivity contribution < 1.29 is 4.79 Å². The number of aromatic amines is 1. The van der Waals surface area contributed by atoms with Gasteiger partial charge in [-0.3, -0.25) is 4.57 Å². The van der Waals surface area contributed by atoms with Crippen LogP contribution in [-0.4, -0.2) is 38.8 Å². The Balaban J connectivity index is 1.57. The smallest absolute Gasteiger partial charge is 0.331 e. The molecule has 2 amide bonds. The first-order valence-corrected chi connectivity index (χ1v) is 9.33. The van der Waals surface area contributed by atoms with Gasteiger partial charge in [0.15, 0.2) is 0 Å². The van der Waals surface area contributed by atoms with Gasteiger partial charge in [-0.25, -0.2) is 14.7 Å². The summed E-state index contributed by atoms with van der Waals surface area (Å²) in [6.07, 6.45) is 1.59. The number of amides is 2. The molecular formula is C18H24ClN5O2. The molecule has 1 saturated heterocycles. The first-order valence-electron chi connectivity index (χ1n) is 8.95. The van der Waals surface area contributed by atoms with Gasteiger partial charge in [0.1, 0.15) is 5.82 Å². The predicted molar refractivity (Wildman–Crippen MR) is 100 cm³/mol. The average Bonchev–Trinajstić information content (AvgIpc) is 3.02. The van der Waals surface area contributed by atoms with E-state index in [0.29, 0.717) is 24.7 Å². The third kappa shape index (κ3) is 3.93. The zero-order valence-corrected chi connectivity index (χ0v) is 15.8. The minimum absolute atomic E-state index is 0.0779. The van der Waals surface area contributed by atoms with Crippen molar-refractivity contribution in [3.63, 3.8) is 0 Å². The standard InChI is InChI=1S/C18H24ClN5O2/c1-3-24-16(21-22-18(24)26)13-7-9-23(10-8-13)17(25)20-12(2)14-5-4-6-15(19)11-14/h4-6,11-13H,3,7-10H2,1-2H3,(H,20,25)(H,22,26). The minimum Gasteiger partial charge on any atom is -0.331 e. The summed E-state index contributed by atoms with van der Waals surface area (Å²) in [5, 5.41) is 10.4. The third-order valence-corrected chi connectivity index (χ3v) is 5.18. The number of nitrogens with zero attached hydrogens (tertiary/aromatic N) is 3. The van der Waals surface area contributed by atoms with Gasteiger partial charge >= 0.3 is 11.7 Å². The second-order valence-electron chi connectivity index (χ2n) is 6.62. The molecule has 1 aliphatic heterocycles. The molecule has 2 N–H and O–H groups in total. The summed E-state index contributed by atoms with van der Waals surface area (Å²) in [7, 11) is 0. The van der Waals surface area contributed by atoms with Gasteiger partial charge in [0.2, 0.25) is 0 Å². The van der Waals surface area contributed by atoms with E-state index in [9.17, 15) is 9.59 Å². The molecule has 1 fully saturated rings. The number of H-pyrrole nitrogens is 1. The third-order valence-electron chi connectivity index (χ3n) is 4.94. The number of likely N-dealkylation sites (tertiary alicyclic amines) is 1. The maximum absolute atomic E-state index is 12.5. The lowest BCUT2D eigenvalue weighted by molar-refractivity contribution is 0.177. The number of benzene rings is 1.